The summed E-state index contributed by atoms with van der Waals surface area (Å²) in [4.78, 5) is 19.7. The number of carbonyl (C=O) groups excluding carboxylic acids is 1. The Bertz CT molecular complexity index is 529. The summed E-state index contributed by atoms with van der Waals surface area (Å²) in [7, 11) is 0. The maximum atomic E-state index is 12.8. The van der Waals surface area contributed by atoms with Gasteiger partial charge in [0.2, 0.25) is 0 Å². The highest BCUT2D eigenvalue weighted by Crippen LogP contribution is 2.31. The van der Waals surface area contributed by atoms with Crippen LogP contribution in [0.3, 0.4) is 0 Å². The molecule has 0 saturated carbocycles. The van der Waals surface area contributed by atoms with Crippen LogP contribution in [0.5, 0.6) is 0 Å². The average molecular weight is 348 g/mol. The van der Waals surface area contributed by atoms with Gasteiger partial charge in [0.25, 0.3) is 5.91 Å². The van der Waals surface area contributed by atoms with E-state index in [-0.39, 0.29) is 11.3 Å². The maximum Gasteiger partial charge on any atom is 0.253 e. The first-order valence-electron chi connectivity index (χ1n) is 9.70. The van der Waals surface area contributed by atoms with Gasteiger partial charge in [-0.15, -0.1) is 0 Å². The van der Waals surface area contributed by atoms with E-state index in [1.807, 2.05) is 4.90 Å². The number of hydrogen-bond donors (Lipinski definition) is 0. The fraction of sp³-hybridized carbons (Fsp3) is 0.750. The highest BCUT2D eigenvalue weighted by molar-refractivity contribution is 5.96. The number of morpholine rings is 1. The molecule has 2 fully saturated rings. The van der Waals surface area contributed by atoms with Gasteiger partial charge in [0, 0.05) is 62.8 Å². The molecular formula is C20H33N3O2. The van der Waals surface area contributed by atoms with Crippen molar-refractivity contribution in [2.75, 3.05) is 59.0 Å². The zero-order valence-corrected chi connectivity index (χ0v) is 16.0. The molecule has 0 aromatic carbocycles. The molecule has 0 bridgehead atoms. The van der Waals surface area contributed by atoms with Gasteiger partial charge in [-0.1, -0.05) is 25.2 Å². The van der Waals surface area contributed by atoms with Crippen molar-refractivity contribution >= 4 is 5.91 Å². The molecule has 140 valence electrons. The normalized spacial score (nSPS) is 29.1. The molecule has 3 rings (SSSR count). The van der Waals surface area contributed by atoms with E-state index in [2.05, 4.69) is 48.8 Å². The summed E-state index contributed by atoms with van der Waals surface area (Å²) in [5.41, 5.74) is 0.995. The molecule has 1 aliphatic carbocycles. The van der Waals surface area contributed by atoms with E-state index in [0.29, 0.717) is 6.04 Å². The van der Waals surface area contributed by atoms with Crippen LogP contribution in [-0.4, -0.2) is 85.7 Å². The van der Waals surface area contributed by atoms with Crippen LogP contribution in [0.15, 0.2) is 23.8 Å². The molecule has 0 spiro atoms. The third-order valence-electron chi connectivity index (χ3n) is 5.72. The van der Waals surface area contributed by atoms with E-state index in [0.717, 1.165) is 71.0 Å². The van der Waals surface area contributed by atoms with Crippen molar-refractivity contribution in [1.82, 2.24) is 14.7 Å². The number of hydrogen-bond acceptors (Lipinski definition) is 4. The number of ether oxygens (including phenoxy) is 1. The topological polar surface area (TPSA) is 36.0 Å². The molecule has 0 N–H and O–H groups in total. The van der Waals surface area contributed by atoms with Crippen LogP contribution >= 0.6 is 0 Å². The second kappa shape index (κ2) is 8.02. The monoisotopic (exact) mass is 347 g/mol. The van der Waals surface area contributed by atoms with E-state index in [1.165, 1.54) is 0 Å². The zero-order valence-electron chi connectivity index (χ0n) is 16.0. The molecule has 5 heteroatoms. The molecular weight excluding hydrogens is 314 g/mol. The van der Waals surface area contributed by atoms with E-state index in [9.17, 15) is 4.79 Å². The second-order valence-electron chi connectivity index (χ2n) is 8.16. The minimum atomic E-state index is 0.122. The van der Waals surface area contributed by atoms with E-state index in [4.69, 9.17) is 4.74 Å². The van der Waals surface area contributed by atoms with E-state index >= 15 is 0 Å². The van der Waals surface area contributed by atoms with Gasteiger partial charge in [-0.25, -0.2) is 0 Å². The summed E-state index contributed by atoms with van der Waals surface area (Å²) in [5, 5.41) is 0. The summed E-state index contributed by atoms with van der Waals surface area (Å²) in [5.74, 6) is 0.202. The Morgan fingerprint density at radius 2 is 1.84 bits per heavy atom. The molecule has 25 heavy (non-hydrogen) atoms. The fourth-order valence-electron chi connectivity index (χ4n) is 3.94. The third-order valence-corrected chi connectivity index (χ3v) is 5.72. The fourth-order valence-corrected chi connectivity index (χ4v) is 3.94. The van der Waals surface area contributed by atoms with Crippen molar-refractivity contribution in [3.63, 3.8) is 0 Å². The Morgan fingerprint density at radius 1 is 1.16 bits per heavy atom. The first-order valence-corrected chi connectivity index (χ1v) is 9.70. The Kier molecular flexibility index (Phi) is 5.97. The smallest absolute Gasteiger partial charge is 0.253 e. The van der Waals surface area contributed by atoms with Gasteiger partial charge in [-0.05, 0) is 20.3 Å². The highest BCUT2D eigenvalue weighted by Gasteiger charge is 2.29. The van der Waals surface area contributed by atoms with Crippen LogP contribution < -0.4 is 0 Å². The Hall–Kier alpha value is -1.17. The Balaban J connectivity index is 1.52. The lowest BCUT2D eigenvalue weighted by Crippen LogP contribution is -2.51. The van der Waals surface area contributed by atoms with Crippen LogP contribution in [0.4, 0.5) is 0 Å². The van der Waals surface area contributed by atoms with Crippen molar-refractivity contribution in [2.45, 2.75) is 33.2 Å². The summed E-state index contributed by atoms with van der Waals surface area (Å²) in [6.45, 7) is 15.1. The molecule has 2 aliphatic heterocycles. The van der Waals surface area contributed by atoms with Crippen LogP contribution in [0.1, 0.15) is 27.2 Å². The van der Waals surface area contributed by atoms with Gasteiger partial charge in [-0.2, -0.15) is 0 Å². The summed E-state index contributed by atoms with van der Waals surface area (Å²) < 4.78 is 5.43. The lowest BCUT2D eigenvalue weighted by Gasteiger charge is -2.38. The second-order valence-corrected chi connectivity index (χ2v) is 8.16. The van der Waals surface area contributed by atoms with Crippen LogP contribution in [0.2, 0.25) is 0 Å². The van der Waals surface area contributed by atoms with Crippen molar-refractivity contribution in [1.29, 1.82) is 0 Å². The molecule has 5 nitrogen and oxygen atoms in total. The number of piperazine rings is 1. The van der Waals surface area contributed by atoms with Gasteiger partial charge < -0.3 is 9.64 Å². The zero-order chi connectivity index (χ0) is 17.9. The summed E-state index contributed by atoms with van der Waals surface area (Å²) in [6, 6.07) is 0.562. The Labute approximate surface area is 152 Å². The number of amides is 1. The third kappa shape index (κ3) is 4.72. The van der Waals surface area contributed by atoms with E-state index in [1.54, 1.807) is 0 Å². The highest BCUT2D eigenvalue weighted by atomic mass is 16.5. The standard InChI is InChI=1S/C20H33N3O2/c1-17(2)22-8-10-23(11-9-22)19(24)18-4-6-20(3,7-5-18)16-21-12-14-25-15-13-21/h4-6,17H,7-16H2,1-3H3. The minimum absolute atomic E-state index is 0.122. The molecule has 0 aromatic heterocycles. The SMILES string of the molecule is CC(C)N1CCN(C(=O)C2=CCC(C)(CN3CCOCC3)C=C2)CC1. The van der Waals surface area contributed by atoms with Gasteiger partial charge in [0.05, 0.1) is 13.2 Å². The van der Waals surface area contributed by atoms with Crippen molar-refractivity contribution in [2.24, 2.45) is 5.41 Å². The molecule has 3 aliphatic rings. The van der Waals surface area contributed by atoms with Crippen LogP contribution in [-0.2, 0) is 9.53 Å². The van der Waals surface area contributed by atoms with Crippen LogP contribution in [0, 0.1) is 5.41 Å². The van der Waals surface area contributed by atoms with E-state index < -0.39 is 0 Å². The van der Waals surface area contributed by atoms with Crippen LogP contribution in [0.25, 0.3) is 0 Å². The molecule has 2 heterocycles. The molecule has 1 unspecified atom stereocenters. The van der Waals surface area contributed by atoms with Crippen molar-refractivity contribution in [3.8, 4) is 0 Å². The number of nitrogens with zero attached hydrogens (tertiary/aromatic N) is 3. The number of rotatable bonds is 4. The van der Waals surface area contributed by atoms with Crippen molar-refractivity contribution in [3.05, 3.63) is 23.8 Å². The van der Waals surface area contributed by atoms with Gasteiger partial charge in [-0.3, -0.25) is 14.6 Å². The maximum absolute atomic E-state index is 12.8. The van der Waals surface area contributed by atoms with Crippen molar-refractivity contribution < 1.29 is 9.53 Å². The summed E-state index contributed by atoms with van der Waals surface area (Å²) >= 11 is 0. The van der Waals surface area contributed by atoms with Gasteiger partial charge in [0.1, 0.15) is 0 Å². The largest absolute Gasteiger partial charge is 0.379 e. The quantitative estimate of drug-likeness (QED) is 0.776. The number of carbonyl (C=O) groups is 1. The first-order chi connectivity index (χ1) is 12.0. The minimum Gasteiger partial charge on any atom is -0.379 e. The number of allylic oxidation sites excluding steroid dienone is 1. The Morgan fingerprint density at radius 3 is 2.40 bits per heavy atom. The lowest BCUT2D eigenvalue weighted by atomic mass is 9.81. The predicted molar refractivity (Wildman–Crippen MR) is 100 cm³/mol. The molecule has 1 atom stereocenters. The first kappa shape index (κ1) is 18.6. The lowest BCUT2D eigenvalue weighted by molar-refractivity contribution is -0.128. The molecule has 0 aromatic rings. The molecule has 2 saturated heterocycles. The van der Waals surface area contributed by atoms with Gasteiger partial charge in [0.15, 0.2) is 0 Å². The molecule has 1 amide bonds. The summed E-state index contributed by atoms with van der Waals surface area (Å²) in [6.07, 6.45) is 7.40. The molecule has 0 radical (unpaired) electrons. The predicted octanol–water partition coefficient (Wildman–Crippen LogP) is 1.76. The van der Waals surface area contributed by atoms with Gasteiger partial charge >= 0.3 is 0 Å². The average Bonchev–Trinajstić information content (AvgIpc) is 2.62.